The van der Waals surface area contributed by atoms with E-state index >= 15 is 0 Å². The Morgan fingerprint density at radius 1 is 0.941 bits per heavy atom. The Balaban J connectivity index is 2.15. The molecule has 0 aliphatic carbocycles. The van der Waals surface area contributed by atoms with Gasteiger partial charge in [0, 0.05) is 5.56 Å². The predicted molar refractivity (Wildman–Crippen MR) is 59.1 cm³/mol. The topological polar surface area (TPSA) is 79.2 Å². The lowest BCUT2D eigenvalue weighted by atomic mass is 10.1. The molecule has 4 atom stereocenters. The highest BCUT2D eigenvalue weighted by Gasteiger charge is 2.38. The van der Waals surface area contributed by atoms with Crippen molar-refractivity contribution in [1.82, 2.24) is 0 Å². The monoisotopic (exact) mass is 240 g/mol. The minimum atomic E-state index is -1.02. The van der Waals surface area contributed by atoms with E-state index in [1.54, 1.807) is 0 Å². The van der Waals surface area contributed by atoms with Crippen LogP contribution in [0.4, 0.5) is 0 Å². The van der Waals surface area contributed by atoms with Gasteiger partial charge in [-0.15, -0.1) is 0 Å². The van der Waals surface area contributed by atoms with Gasteiger partial charge in [-0.05, 0) is 0 Å². The molecule has 0 radical (unpaired) electrons. The molecule has 1 heterocycles. The van der Waals surface area contributed by atoms with Crippen molar-refractivity contribution in [3.63, 3.8) is 0 Å². The van der Waals surface area contributed by atoms with Crippen molar-refractivity contribution in [3.8, 4) is 0 Å². The molecule has 0 spiro atoms. The zero-order valence-electron chi connectivity index (χ0n) is 9.27. The number of rotatable bonds is 3. The molecule has 1 aliphatic heterocycles. The van der Waals surface area contributed by atoms with Crippen LogP contribution in [0, 0.1) is 0 Å². The Labute approximate surface area is 99.2 Å². The van der Waals surface area contributed by atoms with Crippen LogP contribution in [-0.2, 0) is 9.47 Å². The molecule has 1 saturated heterocycles. The van der Waals surface area contributed by atoms with E-state index in [1.807, 2.05) is 30.3 Å². The molecule has 2 rings (SSSR count). The van der Waals surface area contributed by atoms with Gasteiger partial charge in [-0.2, -0.15) is 0 Å². The lowest BCUT2D eigenvalue weighted by Gasteiger charge is -2.38. The van der Waals surface area contributed by atoms with Crippen LogP contribution in [0.2, 0.25) is 0 Å². The number of aliphatic hydroxyl groups is 3. The predicted octanol–water partition coefficient (Wildman–Crippen LogP) is -0.185. The molecular formula is C12H16O5. The molecular weight excluding hydrogens is 224 g/mol. The van der Waals surface area contributed by atoms with Crippen molar-refractivity contribution < 1.29 is 24.8 Å². The molecule has 1 unspecified atom stereocenters. The average molecular weight is 240 g/mol. The van der Waals surface area contributed by atoms with Crippen molar-refractivity contribution in [2.75, 3.05) is 13.2 Å². The second-order valence-corrected chi connectivity index (χ2v) is 3.95. The second kappa shape index (κ2) is 5.57. The van der Waals surface area contributed by atoms with Gasteiger partial charge in [0.2, 0.25) is 0 Å². The molecule has 1 aromatic carbocycles. The highest BCUT2D eigenvalue weighted by atomic mass is 16.7. The third kappa shape index (κ3) is 2.65. The van der Waals surface area contributed by atoms with Crippen LogP contribution in [0.5, 0.6) is 0 Å². The summed E-state index contributed by atoms with van der Waals surface area (Å²) in [6, 6.07) is 9.20. The number of benzene rings is 1. The van der Waals surface area contributed by atoms with Crippen molar-refractivity contribution in [2.24, 2.45) is 0 Å². The molecule has 0 bridgehead atoms. The van der Waals surface area contributed by atoms with Gasteiger partial charge in [-0.25, -0.2) is 0 Å². The third-order valence-corrected chi connectivity index (χ3v) is 2.79. The fraction of sp³-hybridized carbons (Fsp3) is 0.500. The smallest absolute Gasteiger partial charge is 0.184 e. The summed E-state index contributed by atoms with van der Waals surface area (Å²) in [6.07, 6.45) is -3.18. The van der Waals surface area contributed by atoms with Crippen LogP contribution >= 0.6 is 0 Å². The minimum absolute atomic E-state index is 0.315. The largest absolute Gasteiger partial charge is 0.394 e. The van der Waals surface area contributed by atoms with Crippen LogP contribution in [-0.4, -0.2) is 46.8 Å². The molecule has 0 amide bonds. The summed E-state index contributed by atoms with van der Waals surface area (Å²) in [5.41, 5.74) is 0.788. The van der Waals surface area contributed by atoms with Gasteiger partial charge in [-0.1, -0.05) is 30.3 Å². The van der Waals surface area contributed by atoms with Crippen molar-refractivity contribution in [1.29, 1.82) is 0 Å². The van der Waals surface area contributed by atoms with Gasteiger partial charge in [0.05, 0.1) is 13.2 Å². The van der Waals surface area contributed by atoms with Crippen LogP contribution in [0.3, 0.4) is 0 Å². The summed E-state index contributed by atoms with van der Waals surface area (Å²) < 4.78 is 10.9. The van der Waals surface area contributed by atoms with Crippen molar-refractivity contribution in [3.05, 3.63) is 35.9 Å². The lowest BCUT2D eigenvalue weighted by molar-refractivity contribution is -0.298. The first kappa shape index (κ1) is 12.5. The molecule has 0 saturated carbocycles. The Morgan fingerprint density at radius 2 is 1.47 bits per heavy atom. The zero-order chi connectivity index (χ0) is 12.3. The van der Waals surface area contributed by atoms with E-state index in [9.17, 15) is 5.11 Å². The van der Waals surface area contributed by atoms with E-state index in [4.69, 9.17) is 19.7 Å². The van der Waals surface area contributed by atoms with Gasteiger partial charge < -0.3 is 24.8 Å². The van der Waals surface area contributed by atoms with E-state index < -0.39 is 24.6 Å². The first-order chi connectivity index (χ1) is 8.26. The van der Waals surface area contributed by atoms with Crippen LogP contribution in [0.1, 0.15) is 11.9 Å². The van der Waals surface area contributed by atoms with Crippen LogP contribution in [0.25, 0.3) is 0 Å². The quantitative estimate of drug-likeness (QED) is 0.682. The van der Waals surface area contributed by atoms with Gasteiger partial charge in [0.15, 0.2) is 6.29 Å². The Morgan fingerprint density at radius 3 is 1.94 bits per heavy atom. The fourth-order valence-electron chi connectivity index (χ4n) is 1.82. The molecule has 1 aromatic rings. The summed E-state index contributed by atoms with van der Waals surface area (Å²) in [5, 5.41) is 28.0. The maximum absolute atomic E-state index is 9.72. The lowest BCUT2D eigenvalue weighted by Crippen LogP contribution is -2.50. The molecule has 5 nitrogen and oxygen atoms in total. The molecule has 17 heavy (non-hydrogen) atoms. The van der Waals surface area contributed by atoms with E-state index in [2.05, 4.69) is 0 Å². The van der Waals surface area contributed by atoms with Gasteiger partial charge in [-0.3, -0.25) is 0 Å². The summed E-state index contributed by atoms with van der Waals surface area (Å²) in [7, 11) is 0. The standard InChI is InChI=1S/C12H16O5/c13-6-9-11(15)10(7-14)17-12(16-9)8-4-2-1-3-5-8/h1-5,9-15H,6-7H2/t9-,10+,11+,12?. The minimum Gasteiger partial charge on any atom is -0.394 e. The second-order valence-electron chi connectivity index (χ2n) is 3.95. The summed E-state index contributed by atoms with van der Waals surface area (Å²) in [5.74, 6) is 0. The van der Waals surface area contributed by atoms with Crippen molar-refractivity contribution >= 4 is 0 Å². The number of ether oxygens (including phenoxy) is 2. The zero-order valence-corrected chi connectivity index (χ0v) is 9.27. The molecule has 3 N–H and O–H groups in total. The number of hydrogen-bond acceptors (Lipinski definition) is 5. The fourth-order valence-corrected chi connectivity index (χ4v) is 1.82. The molecule has 1 fully saturated rings. The average Bonchev–Trinajstić information content (AvgIpc) is 2.40. The van der Waals surface area contributed by atoms with Crippen LogP contribution < -0.4 is 0 Å². The Kier molecular flexibility index (Phi) is 4.09. The molecule has 1 aliphatic rings. The van der Waals surface area contributed by atoms with E-state index in [1.165, 1.54) is 0 Å². The summed E-state index contributed by atoms with van der Waals surface area (Å²) in [4.78, 5) is 0. The summed E-state index contributed by atoms with van der Waals surface area (Å²) in [6.45, 7) is -0.630. The maximum Gasteiger partial charge on any atom is 0.184 e. The summed E-state index contributed by atoms with van der Waals surface area (Å²) >= 11 is 0. The molecule has 94 valence electrons. The first-order valence-electron chi connectivity index (χ1n) is 5.52. The first-order valence-corrected chi connectivity index (χ1v) is 5.52. The highest BCUT2D eigenvalue weighted by Crippen LogP contribution is 2.29. The van der Waals surface area contributed by atoms with Gasteiger partial charge >= 0.3 is 0 Å². The van der Waals surface area contributed by atoms with Crippen LogP contribution in [0.15, 0.2) is 30.3 Å². The SMILES string of the molecule is OC[C@@H]1OC(c2ccccc2)O[C@H](CO)[C@@H]1O. The van der Waals surface area contributed by atoms with E-state index in [0.717, 1.165) is 5.56 Å². The highest BCUT2D eigenvalue weighted by molar-refractivity contribution is 5.16. The van der Waals surface area contributed by atoms with Gasteiger partial charge in [0.25, 0.3) is 0 Å². The van der Waals surface area contributed by atoms with E-state index in [-0.39, 0.29) is 13.2 Å². The Hall–Kier alpha value is -0.980. The number of hydrogen-bond donors (Lipinski definition) is 3. The molecule has 0 aromatic heterocycles. The van der Waals surface area contributed by atoms with Crippen molar-refractivity contribution in [2.45, 2.75) is 24.6 Å². The Bertz CT molecular complexity index is 328. The van der Waals surface area contributed by atoms with Gasteiger partial charge in [0.1, 0.15) is 18.3 Å². The number of aliphatic hydroxyl groups excluding tert-OH is 3. The van der Waals surface area contributed by atoms with E-state index in [0.29, 0.717) is 0 Å². The maximum atomic E-state index is 9.72. The normalized spacial score (nSPS) is 33.6. The third-order valence-electron chi connectivity index (χ3n) is 2.79. The molecule has 5 heteroatoms.